The number of hydrogen-bond donors (Lipinski definition) is 2. The summed E-state index contributed by atoms with van der Waals surface area (Å²) < 4.78 is 20.9. The van der Waals surface area contributed by atoms with Gasteiger partial charge in [-0.3, -0.25) is 0 Å². The topological polar surface area (TPSA) is 75.4 Å². The van der Waals surface area contributed by atoms with Crippen LogP contribution in [-0.4, -0.2) is 32.5 Å². The Hall–Kier alpha value is -0.660. The highest BCUT2D eigenvalue weighted by atomic mass is 32.2. The fourth-order valence-electron chi connectivity index (χ4n) is 0.420. The number of thiocarbonyl (C=S) groups is 1. The van der Waals surface area contributed by atoms with E-state index in [0.717, 1.165) is 5.41 Å². The van der Waals surface area contributed by atoms with Gasteiger partial charge in [0.05, 0.1) is 5.41 Å². The summed E-state index contributed by atoms with van der Waals surface area (Å²) in [5, 5.41) is 8.68. The maximum Gasteiger partial charge on any atom is 0.232 e. The van der Waals surface area contributed by atoms with Crippen molar-refractivity contribution in [2.75, 3.05) is 14.1 Å². The summed E-state index contributed by atoms with van der Waals surface area (Å²) >= 11 is 4.79. The second-order valence-electron chi connectivity index (χ2n) is 2.04. The van der Waals surface area contributed by atoms with Crippen molar-refractivity contribution in [2.24, 2.45) is 5.14 Å². The average Bonchev–Trinajstić information content (AvgIpc) is 1.97. The molecule has 0 radical (unpaired) electrons. The van der Waals surface area contributed by atoms with Gasteiger partial charge in [-0.2, -0.15) is 0 Å². The number of nitrogens with one attached hydrogen (secondary N) is 1. The molecule has 0 aliphatic carbocycles. The Morgan fingerprint density at radius 2 is 2.17 bits per heavy atom. The monoisotopic (exact) mass is 209 g/mol. The molecule has 0 aliphatic rings. The van der Waals surface area contributed by atoms with Crippen molar-refractivity contribution in [1.82, 2.24) is 10.2 Å². The molecule has 0 aromatic heterocycles. The fourth-order valence-corrected chi connectivity index (χ4v) is 0.833. The molecule has 0 rings (SSSR count). The van der Waals surface area contributed by atoms with Gasteiger partial charge in [0.1, 0.15) is 0 Å². The molecule has 0 fully saturated rings. The van der Waals surface area contributed by atoms with Gasteiger partial charge in [-0.05, 0) is 12.2 Å². The van der Waals surface area contributed by atoms with Crippen molar-refractivity contribution in [3.63, 3.8) is 0 Å². The highest BCUT2D eigenvalue weighted by Gasteiger charge is 1.98. The van der Waals surface area contributed by atoms with E-state index >= 15 is 0 Å². The summed E-state index contributed by atoms with van der Waals surface area (Å²) in [5.41, 5.74) is 0. The van der Waals surface area contributed by atoms with Crippen molar-refractivity contribution in [1.29, 1.82) is 0 Å². The molecule has 70 valence electrons. The zero-order chi connectivity index (χ0) is 9.78. The van der Waals surface area contributed by atoms with E-state index in [0.29, 0.717) is 5.11 Å². The van der Waals surface area contributed by atoms with Gasteiger partial charge in [-0.1, -0.05) is 0 Å². The van der Waals surface area contributed by atoms with Crippen LogP contribution in [0.3, 0.4) is 0 Å². The van der Waals surface area contributed by atoms with Crippen LogP contribution in [0.4, 0.5) is 0 Å². The fraction of sp³-hybridized carbons (Fsp3) is 0.400. The van der Waals surface area contributed by atoms with Crippen LogP contribution in [-0.2, 0) is 10.0 Å². The number of primary sulfonamides is 1. The molecule has 0 atom stereocenters. The second-order valence-corrected chi connectivity index (χ2v) is 3.88. The molecular weight excluding hydrogens is 198 g/mol. The number of rotatable bonds is 2. The van der Waals surface area contributed by atoms with E-state index in [1.807, 2.05) is 0 Å². The van der Waals surface area contributed by atoms with E-state index < -0.39 is 10.0 Å². The van der Waals surface area contributed by atoms with Crippen LogP contribution in [0.1, 0.15) is 0 Å². The summed E-state index contributed by atoms with van der Waals surface area (Å²) in [4.78, 5) is 1.43. The van der Waals surface area contributed by atoms with Crippen molar-refractivity contribution < 1.29 is 8.42 Å². The first-order chi connectivity index (χ1) is 5.37. The zero-order valence-electron chi connectivity index (χ0n) is 6.81. The van der Waals surface area contributed by atoms with E-state index in [-0.39, 0.29) is 0 Å². The average molecular weight is 209 g/mol. The van der Waals surface area contributed by atoms with E-state index in [4.69, 9.17) is 17.4 Å². The Labute approximate surface area is 77.3 Å². The Kier molecular flexibility index (Phi) is 4.15. The maximum absolute atomic E-state index is 10.4. The van der Waals surface area contributed by atoms with Gasteiger partial charge < -0.3 is 10.2 Å². The summed E-state index contributed by atoms with van der Waals surface area (Å²) in [6.45, 7) is 0. The van der Waals surface area contributed by atoms with Gasteiger partial charge in [0, 0.05) is 20.3 Å². The molecule has 0 spiro atoms. The van der Waals surface area contributed by atoms with Crippen LogP contribution in [0.25, 0.3) is 0 Å². The summed E-state index contributed by atoms with van der Waals surface area (Å²) in [6, 6.07) is 0. The number of sulfonamides is 1. The van der Waals surface area contributed by atoms with Crippen molar-refractivity contribution in [3.05, 3.63) is 11.6 Å². The van der Waals surface area contributed by atoms with Gasteiger partial charge in [-0.15, -0.1) is 0 Å². The highest BCUT2D eigenvalue weighted by Crippen LogP contribution is 1.88. The largest absolute Gasteiger partial charge is 0.365 e. The Morgan fingerprint density at radius 1 is 1.67 bits per heavy atom. The molecule has 0 saturated carbocycles. The molecule has 0 heterocycles. The lowest BCUT2D eigenvalue weighted by Gasteiger charge is -2.13. The quantitative estimate of drug-likeness (QED) is 0.581. The number of hydrogen-bond acceptors (Lipinski definition) is 3. The molecule has 0 aromatic rings. The van der Waals surface area contributed by atoms with Crippen LogP contribution >= 0.6 is 12.2 Å². The minimum Gasteiger partial charge on any atom is -0.365 e. The minimum absolute atomic E-state index is 0.412. The van der Waals surface area contributed by atoms with Crippen molar-refractivity contribution in [2.45, 2.75) is 0 Å². The molecule has 3 N–H and O–H groups in total. The molecule has 0 bridgehead atoms. The van der Waals surface area contributed by atoms with Gasteiger partial charge in [0.25, 0.3) is 0 Å². The maximum atomic E-state index is 10.4. The first-order valence-corrected chi connectivity index (χ1v) is 5.04. The summed E-state index contributed by atoms with van der Waals surface area (Å²) in [6.07, 6.45) is 1.27. The second kappa shape index (κ2) is 4.39. The van der Waals surface area contributed by atoms with Gasteiger partial charge in [0.15, 0.2) is 5.11 Å². The van der Waals surface area contributed by atoms with Gasteiger partial charge >= 0.3 is 0 Å². The molecular formula is C5H11N3O2S2. The van der Waals surface area contributed by atoms with Crippen LogP contribution in [0.15, 0.2) is 11.6 Å². The van der Waals surface area contributed by atoms with E-state index in [2.05, 4.69) is 5.32 Å². The van der Waals surface area contributed by atoms with Crippen LogP contribution < -0.4 is 10.5 Å². The summed E-state index contributed by atoms with van der Waals surface area (Å²) in [5.74, 6) is 0. The normalized spacial score (nSPS) is 11.6. The third kappa shape index (κ3) is 5.05. The van der Waals surface area contributed by atoms with Crippen LogP contribution in [0.2, 0.25) is 0 Å². The van der Waals surface area contributed by atoms with E-state index in [9.17, 15) is 8.42 Å². The molecule has 0 saturated heterocycles. The number of nitrogens with zero attached hydrogens (tertiary/aromatic N) is 1. The molecule has 0 aromatic carbocycles. The van der Waals surface area contributed by atoms with Crippen molar-refractivity contribution >= 4 is 27.4 Å². The predicted octanol–water partition coefficient (Wildman–Crippen LogP) is -0.818. The van der Waals surface area contributed by atoms with Crippen LogP contribution in [0, 0.1) is 0 Å². The smallest absolute Gasteiger partial charge is 0.232 e. The Balaban J connectivity index is 4.28. The Morgan fingerprint density at radius 3 is 2.50 bits per heavy atom. The lowest BCUT2D eigenvalue weighted by Crippen LogP contribution is -2.30. The third-order valence-corrected chi connectivity index (χ3v) is 2.00. The van der Waals surface area contributed by atoms with E-state index in [1.54, 1.807) is 14.1 Å². The molecule has 12 heavy (non-hydrogen) atoms. The molecule has 0 unspecified atom stereocenters. The SMILES string of the molecule is CNC(=S)N(C)/C=C\S(N)(=O)=O. The summed E-state index contributed by atoms with van der Waals surface area (Å²) in [7, 11) is -0.316. The molecule has 7 heteroatoms. The van der Waals surface area contributed by atoms with Gasteiger partial charge in [-0.25, -0.2) is 13.6 Å². The van der Waals surface area contributed by atoms with Crippen LogP contribution in [0.5, 0.6) is 0 Å². The van der Waals surface area contributed by atoms with Crippen molar-refractivity contribution in [3.8, 4) is 0 Å². The first-order valence-electron chi connectivity index (χ1n) is 3.02. The Bertz CT molecular complexity index is 283. The van der Waals surface area contributed by atoms with E-state index in [1.165, 1.54) is 11.1 Å². The predicted molar refractivity (Wildman–Crippen MR) is 51.7 cm³/mol. The van der Waals surface area contributed by atoms with Gasteiger partial charge in [0.2, 0.25) is 10.0 Å². The molecule has 5 nitrogen and oxygen atoms in total. The third-order valence-electron chi connectivity index (χ3n) is 1.01. The molecule has 0 aliphatic heterocycles. The lowest BCUT2D eigenvalue weighted by atomic mass is 10.8. The first kappa shape index (κ1) is 11.3. The minimum atomic E-state index is -3.57. The standard InChI is InChI=1S/C5H11N3O2S2/c1-7-5(11)8(2)3-4-12(6,9)10/h3-4H,1-2H3,(H,7,11)(H2,6,9,10)/b4-3-. The lowest BCUT2D eigenvalue weighted by molar-refractivity contribution is 0.604. The number of nitrogens with two attached hydrogens (primary N) is 1. The highest BCUT2D eigenvalue weighted by molar-refractivity contribution is 7.92. The molecule has 0 amide bonds. The zero-order valence-corrected chi connectivity index (χ0v) is 8.45.